The van der Waals surface area contributed by atoms with Crippen molar-refractivity contribution < 1.29 is 13.5 Å². The number of hydrogen-bond donors (Lipinski definition) is 2. The number of halogens is 3. The van der Waals surface area contributed by atoms with Gasteiger partial charge in [-0.05, 0) is 18.6 Å². The second-order valence-corrected chi connectivity index (χ2v) is 6.27. The van der Waals surface area contributed by atoms with Crippen molar-refractivity contribution >= 4 is 35.6 Å². The van der Waals surface area contributed by atoms with Gasteiger partial charge in [0.1, 0.15) is 11.6 Å². The topological polar surface area (TPSA) is 59.6 Å². The lowest BCUT2D eigenvalue weighted by atomic mass is 9.57. The average Bonchev–Trinajstić information content (AvgIpc) is 2.87. The lowest BCUT2D eigenvalue weighted by molar-refractivity contribution is -0.0985. The summed E-state index contributed by atoms with van der Waals surface area (Å²) in [5.41, 5.74) is 5.75. The number of hydrogen-bond acceptors (Lipinski definition) is 2. The van der Waals surface area contributed by atoms with Crippen LogP contribution in [0.5, 0.6) is 0 Å². The van der Waals surface area contributed by atoms with Gasteiger partial charge in [0.25, 0.3) is 0 Å². The molecule has 2 aliphatic rings. The summed E-state index contributed by atoms with van der Waals surface area (Å²) < 4.78 is 32.4. The molecule has 2 fully saturated rings. The average molecular weight is 423 g/mol. The van der Waals surface area contributed by atoms with Gasteiger partial charge in [-0.3, -0.25) is 0 Å². The van der Waals surface area contributed by atoms with Gasteiger partial charge in [0.15, 0.2) is 5.96 Å². The molecule has 0 spiro atoms. The Morgan fingerprint density at radius 1 is 1.41 bits per heavy atom. The Hall–Kier alpha value is -0.960. The van der Waals surface area contributed by atoms with E-state index in [1.807, 2.05) is 0 Å². The quantitative estimate of drug-likeness (QED) is 0.437. The molecule has 3 atom stereocenters. The molecule has 1 saturated heterocycles. The summed E-state index contributed by atoms with van der Waals surface area (Å²) in [5.74, 6) is -0.634. The number of fused-ring (bicyclic) bond motifs is 1. The van der Waals surface area contributed by atoms with Crippen molar-refractivity contribution in [2.75, 3.05) is 11.9 Å². The van der Waals surface area contributed by atoms with Crippen molar-refractivity contribution in [1.29, 1.82) is 0 Å². The first kappa shape index (κ1) is 17.4. The number of benzene rings is 1. The van der Waals surface area contributed by atoms with E-state index in [-0.39, 0.29) is 53.2 Å². The van der Waals surface area contributed by atoms with Gasteiger partial charge in [0, 0.05) is 24.0 Å². The van der Waals surface area contributed by atoms with Crippen LogP contribution in [0.4, 0.5) is 14.5 Å². The summed E-state index contributed by atoms with van der Waals surface area (Å²) in [7, 11) is 0. The van der Waals surface area contributed by atoms with Crippen LogP contribution in [0.3, 0.4) is 0 Å². The number of guanidine groups is 1. The fraction of sp³-hybridized carbons (Fsp3) is 0.533. The Labute approximate surface area is 145 Å². The van der Waals surface area contributed by atoms with E-state index >= 15 is 0 Å². The van der Waals surface area contributed by atoms with Gasteiger partial charge in [-0.2, -0.15) is 0 Å². The van der Waals surface area contributed by atoms with Crippen LogP contribution in [0.15, 0.2) is 23.2 Å². The van der Waals surface area contributed by atoms with Crippen LogP contribution in [-0.4, -0.2) is 24.7 Å². The molecule has 1 saturated carbocycles. The van der Waals surface area contributed by atoms with Crippen LogP contribution in [0.1, 0.15) is 20.3 Å². The first-order chi connectivity index (χ1) is 9.89. The molecule has 7 heteroatoms. The van der Waals surface area contributed by atoms with Crippen LogP contribution in [-0.2, 0) is 4.74 Å². The van der Waals surface area contributed by atoms with Gasteiger partial charge in [0.05, 0.1) is 17.8 Å². The van der Waals surface area contributed by atoms with Gasteiger partial charge in [-0.15, -0.1) is 24.0 Å². The first-order valence-corrected chi connectivity index (χ1v) is 7.06. The molecule has 0 radical (unpaired) electrons. The van der Waals surface area contributed by atoms with E-state index in [0.29, 0.717) is 5.92 Å². The summed E-state index contributed by atoms with van der Waals surface area (Å²) in [4.78, 5) is 4.46. The number of aliphatic imine (C=N–C) groups is 1. The fourth-order valence-electron chi connectivity index (χ4n) is 3.47. The molecule has 1 aromatic rings. The third-order valence-electron chi connectivity index (χ3n) is 4.51. The van der Waals surface area contributed by atoms with Crippen LogP contribution < -0.4 is 11.1 Å². The Kier molecular flexibility index (Phi) is 4.96. The summed E-state index contributed by atoms with van der Waals surface area (Å²) in [6.45, 7) is 4.92. The van der Waals surface area contributed by atoms with Crippen molar-refractivity contribution in [2.24, 2.45) is 22.1 Å². The maximum atomic E-state index is 13.6. The summed E-state index contributed by atoms with van der Waals surface area (Å²) in [5, 5.41) is 2.64. The Balaban J connectivity index is 0.00000176. The number of nitrogens with two attached hydrogens (primary N) is 1. The van der Waals surface area contributed by atoms with Crippen molar-refractivity contribution in [3.63, 3.8) is 0 Å². The molecular formula is C15H20F2IN3O. The molecular weight excluding hydrogens is 403 g/mol. The molecule has 122 valence electrons. The molecule has 1 heterocycles. The molecule has 4 nitrogen and oxygen atoms in total. The van der Waals surface area contributed by atoms with E-state index in [0.717, 1.165) is 31.2 Å². The number of ether oxygens (including phenoxy) is 1. The maximum absolute atomic E-state index is 13.6. The van der Waals surface area contributed by atoms with E-state index in [4.69, 9.17) is 10.5 Å². The molecule has 1 aliphatic heterocycles. The van der Waals surface area contributed by atoms with Crippen molar-refractivity contribution in [3.05, 3.63) is 29.8 Å². The van der Waals surface area contributed by atoms with Gasteiger partial charge < -0.3 is 15.8 Å². The van der Waals surface area contributed by atoms with E-state index in [1.54, 1.807) is 0 Å². The van der Waals surface area contributed by atoms with Crippen LogP contribution in [0.25, 0.3) is 0 Å². The standard InChI is InChI=1S/C15H19F2N3O.HI/c1-15(2)12(9-5-6-21-13(9)15)20-14(18)19-11-7-8(16)3-4-10(11)17;/h3-4,7,9,12-13H,5-6H2,1-2H3,(H3,18,19,20);1H. The van der Waals surface area contributed by atoms with E-state index in [2.05, 4.69) is 24.2 Å². The second-order valence-electron chi connectivity index (χ2n) is 6.27. The molecule has 0 amide bonds. The lowest BCUT2D eigenvalue weighted by Gasteiger charge is -2.52. The fourth-order valence-corrected chi connectivity index (χ4v) is 3.47. The minimum atomic E-state index is -0.565. The second kappa shape index (κ2) is 6.27. The zero-order chi connectivity index (χ0) is 15.2. The number of nitrogens with zero attached hydrogens (tertiary/aromatic N) is 1. The molecule has 3 N–H and O–H groups in total. The van der Waals surface area contributed by atoms with Crippen LogP contribution in [0, 0.1) is 23.0 Å². The predicted molar refractivity (Wildman–Crippen MR) is 92.4 cm³/mol. The highest BCUT2D eigenvalue weighted by Gasteiger charge is 2.59. The minimum absolute atomic E-state index is 0. The maximum Gasteiger partial charge on any atom is 0.193 e. The smallest absolute Gasteiger partial charge is 0.193 e. The van der Waals surface area contributed by atoms with Gasteiger partial charge in [0.2, 0.25) is 0 Å². The van der Waals surface area contributed by atoms with Crippen molar-refractivity contribution in [2.45, 2.75) is 32.4 Å². The molecule has 3 unspecified atom stereocenters. The monoisotopic (exact) mass is 423 g/mol. The Morgan fingerprint density at radius 2 is 2.14 bits per heavy atom. The normalized spacial score (nSPS) is 29.3. The molecule has 0 aromatic heterocycles. The van der Waals surface area contributed by atoms with E-state index < -0.39 is 11.6 Å². The van der Waals surface area contributed by atoms with Crippen molar-refractivity contribution in [1.82, 2.24) is 0 Å². The van der Waals surface area contributed by atoms with E-state index in [9.17, 15) is 8.78 Å². The zero-order valence-corrected chi connectivity index (χ0v) is 14.8. The summed E-state index contributed by atoms with van der Waals surface area (Å²) in [6.07, 6.45) is 1.18. The Bertz CT molecular complexity index is 594. The Morgan fingerprint density at radius 3 is 2.86 bits per heavy atom. The van der Waals surface area contributed by atoms with Gasteiger partial charge in [-0.25, -0.2) is 13.8 Å². The highest BCUT2D eigenvalue weighted by Crippen LogP contribution is 2.53. The minimum Gasteiger partial charge on any atom is -0.377 e. The first-order valence-electron chi connectivity index (χ1n) is 7.06. The van der Waals surface area contributed by atoms with Crippen molar-refractivity contribution in [3.8, 4) is 0 Å². The lowest BCUT2D eigenvalue weighted by Crippen LogP contribution is -2.59. The SMILES string of the molecule is CC1(C)C(N=C(N)Nc2cc(F)ccc2F)C2CCOC21.I. The molecule has 3 rings (SSSR count). The van der Waals surface area contributed by atoms with Crippen LogP contribution >= 0.6 is 24.0 Å². The largest absolute Gasteiger partial charge is 0.377 e. The predicted octanol–water partition coefficient (Wildman–Crippen LogP) is 3.12. The number of nitrogens with one attached hydrogen (secondary N) is 1. The summed E-state index contributed by atoms with van der Waals surface area (Å²) >= 11 is 0. The summed E-state index contributed by atoms with van der Waals surface area (Å²) in [6, 6.07) is 3.21. The highest BCUT2D eigenvalue weighted by atomic mass is 127. The molecule has 1 aliphatic carbocycles. The molecule has 0 bridgehead atoms. The number of anilines is 1. The van der Waals surface area contributed by atoms with E-state index in [1.165, 1.54) is 0 Å². The van der Waals surface area contributed by atoms with Gasteiger partial charge >= 0.3 is 0 Å². The third kappa shape index (κ3) is 2.92. The van der Waals surface area contributed by atoms with Crippen LogP contribution in [0.2, 0.25) is 0 Å². The molecule has 1 aromatic carbocycles. The number of rotatable bonds is 2. The highest BCUT2D eigenvalue weighted by molar-refractivity contribution is 14.0. The molecule has 22 heavy (non-hydrogen) atoms. The zero-order valence-electron chi connectivity index (χ0n) is 12.5. The van der Waals surface area contributed by atoms with Gasteiger partial charge in [-0.1, -0.05) is 13.8 Å². The third-order valence-corrected chi connectivity index (χ3v) is 4.51.